The van der Waals surface area contributed by atoms with E-state index in [2.05, 4.69) is 21.2 Å². The summed E-state index contributed by atoms with van der Waals surface area (Å²) in [6.45, 7) is 0.589. The minimum Gasteiger partial charge on any atom is -0.477 e. The quantitative estimate of drug-likeness (QED) is 0.858. The van der Waals surface area contributed by atoms with E-state index in [4.69, 9.17) is 16.7 Å². The maximum absolute atomic E-state index is 10.7. The number of thiophene rings is 1. The van der Waals surface area contributed by atoms with Gasteiger partial charge in [0.05, 0.1) is 5.02 Å². The molecule has 0 aliphatic rings. The summed E-state index contributed by atoms with van der Waals surface area (Å²) >= 11 is 10.5. The number of aromatic carboxylic acids is 1. The van der Waals surface area contributed by atoms with Crippen LogP contribution in [0, 0.1) is 0 Å². The smallest absolute Gasteiger partial charge is 0.345 e. The second kappa shape index (κ2) is 5.73. The van der Waals surface area contributed by atoms with Crippen molar-refractivity contribution >= 4 is 50.5 Å². The van der Waals surface area contributed by atoms with Gasteiger partial charge in [0.1, 0.15) is 4.88 Å². The maximum atomic E-state index is 10.7. The molecule has 0 aliphatic heterocycles. The molecule has 18 heavy (non-hydrogen) atoms. The Bertz CT molecular complexity index is 585. The van der Waals surface area contributed by atoms with Crippen molar-refractivity contribution in [3.05, 3.63) is 49.6 Å². The third kappa shape index (κ3) is 3.25. The SMILES string of the molecule is O=C(O)c1ccc(CNc2ccc(Cl)c(Br)c2)s1. The average molecular weight is 347 g/mol. The van der Waals surface area contributed by atoms with Crippen molar-refractivity contribution in [1.82, 2.24) is 0 Å². The van der Waals surface area contributed by atoms with Crippen LogP contribution in [0.3, 0.4) is 0 Å². The predicted molar refractivity (Wildman–Crippen MR) is 77.8 cm³/mol. The number of hydrogen-bond acceptors (Lipinski definition) is 3. The Labute approximate surface area is 122 Å². The van der Waals surface area contributed by atoms with Crippen molar-refractivity contribution in [2.45, 2.75) is 6.54 Å². The number of hydrogen-bond donors (Lipinski definition) is 2. The van der Waals surface area contributed by atoms with Gasteiger partial charge in [-0.25, -0.2) is 4.79 Å². The normalized spacial score (nSPS) is 10.3. The van der Waals surface area contributed by atoms with Crippen molar-refractivity contribution in [2.75, 3.05) is 5.32 Å². The fourth-order valence-corrected chi connectivity index (χ4v) is 2.67. The molecule has 0 spiro atoms. The Morgan fingerprint density at radius 1 is 1.39 bits per heavy atom. The maximum Gasteiger partial charge on any atom is 0.345 e. The highest BCUT2D eigenvalue weighted by Gasteiger charge is 2.06. The van der Waals surface area contributed by atoms with Gasteiger partial charge in [0.2, 0.25) is 0 Å². The Balaban J connectivity index is 2.02. The van der Waals surface area contributed by atoms with Gasteiger partial charge in [-0.05, 0) is 46.3 Å². The van der Waals surface area contributed by atoms with Crippen molar-refractivity contribution in [3.63, 3.8) is 0 Å². The molecule has 0 aliphatic carbocycles. The summed E-state index contributed by atoms with van der Waals surface area (Å²) in [7, 11) is 0. The summed E-state index contributed by atoms with van der Waals surface area (Å²) in [5.41, 5.74) is 0.927. The van der Waals surface area contributed by atoms with Gasteiger partial charge in [0, 0.05) is 21.6 Å². The highest BCUT2D eigenvalue weighted by Crippen LogP contribution is 2.26. The number of halogens is 2. The molecule has 1 aromatic heterocycles. The molecule has 0 fully saturated rings. The van der Waals surface area contributed by atoms with Crippen molar-refractivity contribution in [3.8, 4) is 0 Å². The summed E-state index contributed by atoms with van der Waals surface area (Å²) < 4.78 is 0.826. The van der Waals surface area contributed by atoms with E-state index in [9.17, 15) is 4.79 Å². The van der Waals surface area contributed by atoms with Crippen LogP contribution >= 0.6 is 38.9 Å². The molecule has 2 aromatic rings. The van der Waals surface area contributed by atoms with Crippen molar-refractivity contribution in [1.29, 1.82) is 0 Å². The van der Waals surface area contributed by atoms with Gasteiger partial charge in [-0.2, -0.15) is 0 Å². The zero-order chi connectivity index (χ0) is 13.1. The fraction of sp³-hybridized carbons (Fsp3) is 0.0833. The molecule has 1 aromatic carbocycles. The van der Waals surface area contributed by atoms with Gasteiger partial charge in [0.15, 0.2) is 0 Å². The lowest BCUT2D eigenvalue weighted by Crippen LogP contribution is -1.97. The first-order valence-corrected chi connectivity index (χ1v) is 7.06. The Hall–Kier alpha value is -1.04. The number of anilines is 1. The van der Waals surface area contributed by atoms with Gasteiger partial charge in [0.25, 0.3) is 0 Å². The summed E-state index contributed by atoms with van der Waals surface area (Å²) in [4.78, 5) is 12.1. The molecule has 0 amide bonds. The van der Waals surface area contributed by atoms with E-state index < -0.39 is 5.97 Å². The fourth-order valence-electron chi connectivity index (χ4n) is 1.38. The van der Waals surface area contributed by atoms with Gasteiger partial charge >= 0.3 is 5.97 Å². The first-order chi connectivity index (χ1) is 8.56. The average Bonchev–Trinajstić information content (AvgIpc) is 2.79. The number of benzene rings is 1. The molecule has 2 rings (SSSR count). The molecular weight excluding hydrogens is 338 g/mol. The summed E-state index contributed by atoms with van der Waals surface area (Å²) in [5, 5.41) is 12.7. The van der Waals surface area contributed by atoms with Crippen LogP contribution in [0.15, 0.2) is 34.8 Å². The molecule has 1 heterocycles. The molecule has 94 valence electrons. The lowest BCUT2D eigenvalue weighted by Gasteiger charge is -2.05. The summed E-state index contributed by atoms with van der Waals surface area (Å²) in [6.07, 6.45) is 0. The minimum atomic E-state index is -0.888. The van der Waals surface area contributed by atoms with Crippen LogP contribution in [0.1, 0.15) is 14.5 Å². The van der Waals surface area contributed by atoms with E-state index in [-0.39, 0.29) is 0 Å². The lowest BCUT2D eigenvalue weighted by atomic mass is 10.3. The standard InChI is InChI=1S/C12H9BrClNO2S/c13-9-5-7(1-3-10(9)14)15-6-8-2-4-11(18-8)12(16)17/h1-5,15H,6H2,(H,16,17). The highest BCUT2D eigenvalue weighted by atomic mass is 79.9. The van der Waals surface area contributed by atoms with E-state index >= 15 is 0 Å². The molecule has 0 saturated heterocycles. The Morgan fingerprint density at radius 3 is 2.78 bits per heavy atom. The molecule has 0 bridgehead atoms. The Morgan fingerprint density at radius 2 is 2.17 bits per heavy atom. The number of carbonyl (C=O) groups is 1. The Kier molecular flexibility index (Phi) is 4.27. The van der Waals surface area contributed by atoms with Gasteiger partial charge in [-0.15, -0.1) is 11.3 Å². The highest BCUT2D eigenvalue weighted by molar-refractivity contribution is 9.10. The van der Waals surface area contributed by atoms with Gasteiger partial charge < -0.3 is 10.4 Å². The van der Waals surface area contributed by atoms with Crippen molar-refractivity contribution < 1.29 is 9.90 Å². The monoisotopic (exact) mass is 345 g/mol. The predicted octanol–water partition coefficient (Wildman–Crippen LogP) is 4.47. The zero-order valence-corrected chi connectivity index (χ0v) is 12.3. The third-order valence-electron chi connectivity index (χ3n) is 2.26. The van der Waals surface area contributed by atoms with Crippen molar-refractivity contribution in [2.24, 2.45) is 0 Å². The van der Waals surface area contributed by atoms with Crippen LogP contribution in [0.25, 0.3) is 0 Å². The van der Waals surface area contributed by atoms with E-state index in [1.165, 1.54) is 11.3 Å². The van der Waals surface area contributed by atoms with E-state index in [0.29, 0.717) is 16.4 Å². The second-order valence-electron chi connectivity index (χ2n) is 3.55. The topological polar surface area (TPSA) is 49.3 Å². The summed E-state index contributed by atoms with van der Waals surface area (Å²) in [5.74, 6) is -0.888. The first-order valence-electron chi connectivity index (χ1n) is 5.07. The molecule has 0 saturated carbocycles. The second-order valence-corrected chi connectivity index (χ2v) is 5.98. The number of carboxylic acids is 1. The van der Waals surface area contributed by atoms with Crippen LogP contribution in [0.2, 0.25) is 5.02 Å². The van der Waals surface area contributed by atoms with Crippen LogP contribution in [-0.2, 0) is 6.54 Å². The number of nitrogens with one attached hydrogen (secondary N) is 1. The van der Waals surface area contributed by atoms with Gasteiger partial charge in [-0.3, -0.25) is 0 Å². The molecule has 0 atom stereocenters. The van der Waals surface area contributed by atoms with Crippen LogP contribution in [-0.4, -0.2) is 11.1 Å². The lowest BCUT2D eigenvalue weighted by molar-refractivity contribution is 0.0702. The summed E-state index contributed by atoms with van der Waals surface area (Å²) in [6, 6.07) is 8.98. The minimum absolute atomic E-state index is 0.351. The van der Waals surface area contributed by atoms with E-state index in [1.807, 2.05) is 18.2 Å². The number of carboxylic acid groups (broad SMARTS) is 1. The van der Waals surface area contributed by atoms with E-state index in [1.54, 1.807) is 12.1 Å². The molecule has 0 radical (unpaired) electrons. The van der Waals surface area contributed by atoms with Crippen LogP contribution in [0.5, 0.6) is 0 Å². The van der Waals surface area contributed by atoms with Gasteiger partial charge in [-0.1, -0.05) is 11.6 Å². The zero-order valence-electron chi connectivity index (χ0n) is 9.11. The molecule has 6 heteroatoms. The molecular formula is C12H9BrClNO2S. The molecule has 2 N–H and O–H groups in total. The first kappa shape index (κ1) is 13.4. The van der Waals surface area contributed by atoms with E-state index in [0.717, 1.165) is 15.0 Å². The van der Waals surface area contributed by atoms with Crippen LogP contribution in [0.4, 0.5) is 5.69 Å². The third-order valence-corrected chi connectivity index (χ3v) is 4.55. The molecule has 0 unspecified atom stereocenters. The number of rotatable bonds is 4. The van der Waals surface area contributed by atoms with Crippen LogP contribution < -0.4 is 5.32 Å². The largest absolute Gasteiger partial charge is 0.477 e. The molecule has 3 nitrogen and oxygen atoms in total.